The van der Waals surface area contributed by atoms with Crippen molar-refractivity contribution in [2.45, 2.75) is 62.5 Å². The van der Waals surface area contributed by atoms with Crippen molar-refractivity contribution in [1.29, 1.82) is 0 Å². The van der Waals surface area contributed by atoms with E-state index in [0.717, 1.165) is 32.2 Å². The van der Waals surface area contributed by atoms with Crippen molar-refractivity contribution < 1.29 is 14.6 Å². The van der Waals surface area contributed by atoms with E-state index in [9.17, 15) is 5.11 Å². The van der Waals surface area contributed by atoms with Gasteiger partial charge in [-0.25, -0.2) is 0 Å². The SMILES string of the molecule is CNC[C@@H](O)COC1CC(NC2NCCC(NC)N2)CCC1OC. The third kappa shape index (κ3) is 6.20. The predicted octanol–water partition coefficient (Wildman–Crippen LogP) is -1.48. The molecule has 0 aromatic rings. The van der Waals surface area contributed by atoms with E-state index in [-0.39, 0.29) is 18.5 Å². The van der Waals surface area contributed by atoms with E-state index in [4.69, 9.17) is 9.47 Å². The molecule has 1 aliphatic carbocycles. The molecule has 6 N–H and O–H groups in total. The van der Waals surface area contributed by atoms with Crippen LogP contribution in [0.3, 0.4) is 0 Å². The highest BCUT2D eigenvalue weighted by Gasteiger charge is 2.33. The number of aliphatic hydroxyl groups is 1. The van der Waals surface area contributed by atoms with Crippen molar-refractivity contribution in [2.75, 3.05) is 40.9 Å². The van der Waals surface area contributed by atoms with E-state index in [2.05, 4.69) is 26.6 Å². The number of hydrogen-bond donors (Lipinski definition) is 6. The molecule has 0 radical (unpaired) electrons. The molecular formula is C16H35N5O3. The van der Waals surface area contributed by atoms with E-state index < -0.39 is 6.10 Å². The lowest BCUT2D eigenvalue weighted by molar-refractivity contribution is -0.101. The summed E-state index contributed by atoms with van der Waals surface area (Å²) in [7, 11) is 5.54. The molecule has 1 saturated carbocycles. The van der Waals surface area contributed by atoms with Crippen molar-refractivity contribution in [2.24, 2.45) is 0 Å². The van der Waals surface area contributed by atoms with Gasteiger partial charge < -0.3 is 25.2 Å². The van der Waals surface area contributed by atoms with Crippen LogP contribution < -0.4 is 26.6 Å². The second kappa shape index (κ2) is 10.6. The summed E-state index contributed by atoms with van der Waals surface area (Å²) in [5.74, 6) is 0. The van der Waals surface area contributed by atoms with Crippen LogP contribution in [0.2, 0.25) is 0 Å². The predicted molar refractivity (Wildman–Crippen MR) is 93.6 cm³/mol. The standard InChI is InChI=1S/C16H35N5O3/c1-17-9-12(22)10-24-14-8-11(4-5-13(14)23-3)20-16-19-7-6-15(18-2)21-16/h11-22H,4-10H2,1-3H3/t11?,12-,13?,14?,15?,16?/m1/s1. The topological polar surface area (TPSA) is 98.8 Å². The minimum atomic E-state index is -0.487. The Morgan fingerprint density at radius 3 is 2.75 bits per heavy atom. The van der Waals surface area contributed by atoms with Crippen LogP contribution >= 0.6 is 0 Å². The molecule has 2 rings (SSSR count). The van der Waals surface area contributed by atoms with Gasteiger partial charge in [0.1, 0.15) is 6.29 Å². The second-order valence-electron chi connectivity index (χ2n) is 6.72. The number of hydrogen-bond acceptors (Lipinski definition) is 8. The molecule has 6 atom stereocenters. The molecule has 8 heteroatoms. The summed E-state index contributed by atoms with van der Waals surface area (Å²) in [6.07, 6.45) is 4.04. The average molecular weight is 345 g/mol. The Kier molecular flexibility index (Phi) is 8.85. The zero-order chi connectivity index (χ0) is 17.4. The summed E-state index contributed by atoms with van der Waals surface area (Å²) in [6, 6.07) is 0.364. The molecule has 142 valence electrons. The third-order valence-electron chi connectivity index (χ3n) is 4.88. The maximum Gasteiger partial charge on any atom is 0.113 e. The number of aliphatic hydroxyl groups excluding tert-OH is 1. The van der Waals surface area contributed by atoms with Gasteiger partial charge >= 0.3 is 0 Å². The smallest absolute Gasteiger partial charge is 0.113 e. The fourth-order valence-electron chi connectivity index (χ4n) is 3.51. The minimum Gasteiger partial charge on any atom is -0.389 e. The van der Waals surface area contributed by atoms with Crippen LogP contribution in [0.1, 0.15) is 25.7 Å². The summed E-state index contributed by atoms with van der Waals surface area (Å²) in [5.41, 5.74) is 0. The van der Waals surface area contributed by atoms with Crippen LogP contribution in [-0.2, 0) is 9.47 Å². The Balaban J connectivity index is 1.80. The largest absolute Gasteiger partial charge is 0.389 e. The van der Waals surface area contributed by atoms with Crippen LogP contribution in [0.15, 0.2) is 0 Å². The number of ether oxygens (including phenoxy) is 2. The number of nitrogens with one attached hydrogen (secondary N) is 5. The van der Waals surface area contributed by atoms with Crippen molar-refractivity contribution >= 4 is 0 Å². The monoisotopic (exact) mass is 345 g/mol. The van der Waals surface area contributed by atoms with E-state index in [0.29, 0.717) is 25.4 Å². The molecular weight excluding hydrogens is 310 g/mol. The number of methoxy groups -OCH3 is 1. The van der Waals surface area contributed by atoms with E-state index in [1.54, 1.807) is 7.11 Å². The zero-order valence-corrected chi connectivity index (χ0v) is 15.2. The molecule has 0 aromatic heterocycles. The molecule has 5 unspecified atom stereocenters. The van der Waals surface area contributed by atoms with Crippen molar-refractivity contribution in [3.8, 4) is 0 Å². The molecule has 0 spiro atoms. The highest BCUT2D eigenvalue weighted by molar-refractivity contribution is 4.88. The summed E-state index contributed by atoms with van der Waals surface area (Å²) in [6.45, 7) is 1.85. The maximum atomic E-state index is 9.85. The van der Waals surface area contributed by atoms with Crippen LogP contribution in [-0.4, -0.2) is 82.8 Å². The normalized spacial score (nSPS) is 35.8. The molecule has 1 heterocycles. The summed E-state index contributed by atoms with van der Waals surface area (Å²) in [4.78, 5) is 0. The summed E-state index contributed by atoms with van der Waals surface area (Å²) >= 11 is 0. The van der Waals surface area contributed by atoms with Gasteiger partial charge in [0.2, 0.25) is 0 Å². The van der Waals surface area contributed by atoms with Gasteiger partial charge in [0.25, 0.3) is 0 Å². The fourth-order valence-corrected chi connectivity index (χ4v) is 3.51. The Morgan fingerprint density at radius 1 is 1.21 bits per heavy atom. The molecule has 0 aromatic carbocycles. The quantitative estimate of drug-likeness (QED) is 0.301. The van der Waals surface area contributed by atoms with Crippen LogP contribution in [0.25, 0.3) is 0 Å². The van der Waals surface area contributed by atoms with Gasteiger partial charge in [0, 0.05) is 26.2 Å². The molecule has 1 aliphatic heterocycles. The summed E-state index contributed by atoms with van der Waals surface area (Å²) in [5, 5.41) is 26.7. The van der Waals surface area contributed by atoms with Crippen LogP contribution in [0.4, 0.5) is 0 Å². The van der Waals surface area contributed by atoms with Gasteiger partial charge in [-0.2, -0.15) is 0 Å². The molecule has 24 heavy (non-hydrogen) atoms. The van der Waals surface area contributed by atoms with Crippen molar-refractivity contribution in [1.82, 2.24) is 26.6 Å². The van der Waals surface area contributed by atoms with E-state index >= 15 is 0 Å². The van der Waals surface area contributed by atoms with Gasteiger partial charge in [0.15, 0.2) is 0 Å². The lowest BCUT2D eigenvalue weighted by Gasteiger charge is -2.40. The first-order chi connectivity index (χ1) is 11.7. The first-order valence-corrected chi connectivity index (χ1v) is 9.06. The van der Waals surface area contributed by atoms with E-state index in [1.807, 2.05) is 14.1 Å². The Bertz CT molecular complexity index is 350. The molecule has 8 nitrogen and oxygen atoms in total. The first-order valence-electron chi connectivity index (χ1n) is 9.06. The van der Waals surface area contributed by atoms with Gasteiger partial charge in [-0.05, 0) is 39.8 Å². The van der Waals surface area contributed by atoms with E-state index in [1.165, 1.54) is 0 Å². The lowest BCUT2D eigenvalue weighted by atomic mass is 9.90. The number of rotatable bonds is 9. The zero-order valence-electron chi connectivity index (χ0n) is 15.2. The minimum absolute atomic E-state index is 0.0106. The highest BCUT2D eigenvalue weighted by atomic mass is 16.5. The third-order valence-corrected chi connectivity index (χ3v) is 4.88. The van der Waals surface area contributed by atoms with Crippen molar-refractivity contribution in [3.63, 3.8) is 0 Å². The molecule has 2 aliphatic rings. The van der Waals surface area contributed by atoms with Gasteiger partial charge in [-0.15, -0.1) is 0 Å². The fraction of sp³-hybridized carbons (Fsp3) is 1.00. The first kappa shape index (κ1) is 20.0. The van der Waals surface area contributed by atoms with Gasteiger partial charge in [-0.1, -0.05) is 0 Å². The molecule has 0 amide bonds. The van der Waals surface area contributed by atoms with Crippen LogP contribution in [0.5, 0.6) is 0 Å². The lowest BCUT2D eigenvalue weighted by Crippen LogP contribution is -2.66. The van der Waals surface area contributed by atoms with Gasteiger partial charge in [0.05, 0.1) is 31.1 Å². The average Bonchev–Trinajstić information content (AvgIpc) is 2.60. The highest BCUT2D eigenvalue weighted by Crippen LogP contribution is 2.24. The molecule has 1 saturated heterocycles. The van der Waals surface area contributed by atoms with Crippen LogP contribution in [0, 0.1) is 0 Å². The molecule has 2 fully saturated rings. The second-order valence-corrected chi connectivity index (χ2v) is 6.72. The number of likely N-dealkylation sites (N-methyl/N-ethyl adjacent to an activating group) is 1. The molecule has 0 bridgehead atoms. The van der Waals surface area contributed by atoms with Gasteiger partial charge in [-0.3, -0.25) is 16.0 Å². The Hall–Kier alpha value is -0.320. The summed E-state index contributed by atoms with van der Waals surface area (Å²) < 4.78 is 11.5. The Morgan fingerprint density at radius 2 is 2.04 bits per heavy atom. The van der Waals surface area contributed by atoms with Crippen molar-refractivity contribution in [3.05, 3.63) is 0 Å². The Labute approximate surface area is 145 Å². The maximum absolute atomic E-state index is 9.85.